The fourth-order valence-corrected chi connectivity index (χ4v) is 4.30. The van der Waals surface area contributed by atoms with Crippen molar-refractivity contribution in [2.45, 2.75) is 19.1 Å². The van der Waals surface area contributed by atoms with Crippen LogP contribution in [0.1, 0.15) is 27.8 Å². The van der Waals surface area contributed by atoms with Crippen LogP contribution in [-0.4, -0.2) is 36.2 Å². The van der Waals surface area contributed by atoms with Crippen LogP contribution in [0.3, 0.4) is 0 Å². The molecular formula is C17H18N6OS. The molecule has 1 aliphatic heterocycles. The zero-order valence-electron chi connectivity index (χ0n) is 14.2. The molecule has 3 aromatic rings. The zero-order valence-corrected chi connectivity index (χ0v) is 15.0. The van der Waals surface area contributed by atoms with E-state index in [-0.39, 0.29) is 11.2 Å². The average Bonchev–Trinajstić information content (AvgIpc) is 3.04. The molecule has 4 heterocycles. The maximum Gasteiger partial charge on any atom is 0.235 e. The Hall–Kier alpha value is -2.61. The summed E-state index contributed by atoms with van der Waals surface area (Å²) in [6.07, 6.45) is 3.60. The maximum absolute atomic E-state index is 12.3. The van der Waals surface area contributed by atoms with E-state index >= 15 is 0 Å². The fraction of sp³-hybridized carbons (Fsp3) is 0.294. The minimum atomic E-state index is -0.0348. The van der Waals surface area contributed by atoms with Crippen LogP contribution in [0.4, 0.5) is 5.82 Å². The summed E-state index contributed by atoms with van der Waals surface area (Å²) >= 11 is 1.60. The van der Waals surface area contributed by atoms with E-state index in [1.165, 1.54) is 0 Å². The summed E-state index contributed by atoms with van der Waals surface area (Å²) in [5.41, 5.74) is 4.08. The Morgan fingerprint density at radius 3 is 2.84 bits per heavy atom. The molecule has 0 aliphatic carbocycles. The Kier molecular flexibility index (Phi) is 3.84. The molecule has 1 amide bonds. The molecule has 0 unspecified atom stereocenters. The molecule has 4 rings (SSSR count). The monoisotopic (exact) mass is 354 g/mol. The smallest absolute Gasteiger partial charge is 0.235 e. The lowest BCUT2D eigenvalue weighted by molar-refractivity contribution is -0.113. The highest BCUT2D eigenvalue weighted by molar-refractivity contribution is 8.00. The van der Waals surface area contributed by atoms with Gasteiger partial charge in [0.05, 0.1) is 22.9 Å². The average molecular weight is 354 g/mol. The van der Waals surface area contributed by atoms with Gasteiger partial charge in [-0.05, 0) is 26.0 Å². The highest BCUT2D eigenvalue weighted by atomic mass is 32.2. The molecule has 0 aromatic carbocycles. The van der Waals surface area contributed by atoms with Gasteiger partial charge in [-0.25, -0.2) is 4.98 Å². The number of aryl methyl sites for hydroxylation is 2. The first-order valence-electron chi connectivity index (χ1n) is 7.97. The maximum atomic E-state index is 12.3. The van der Waals surface area contributed by atoms with Crippen molar-refractivity contribution in [2.75, 3.05) is 11.1 Å². The molecule has 3 aromatic heterocycles. The van der Waals surface area contributed by atoms with Crippen molar-refractivity contribution < 1.29 is 4.79 Å². The van der Waals surface area contributed by atoms with Gasteiger partial charge in [-0.2, -0.15) is 14.9 Å². The number of nitrogens with one attached hydrogen (secondary N) is 1. The number of pyridine rings is 1. The van der Waals surface area contributed by atoms with Gasteiger partial charge in [-0.15, -0.1) is 11.8 Å². The molecule has 0 fully saturated rings. The van der Waals surface area contributed by atoms with E-state index in [9.17, 15) is 4.79 Å². The highest BCUT2D eigenvalue weighted by Crippen LogP contribution is 2.44. The van der Waals surface area contributed by atoms with Crippen molar-refractivity contribution in [3.05, 3.63) is 53.1 Å². The van der Waals surface area contributed by atoms with E-state index in [2.05, 4.69) is 20.5 Å². The zero-order chi connectivity index (χ0) is 17.6. The summed E-state index contributed by atoms with van der Waals surface area (Å²) in [5.74, 6) is 1.72. The van der Waals surface area contributed by atoms with Gasteiger partial charge >= 0.3 is 0 Å². The summed E-state index contributed by atoms with van der Waals surface area (Å²) in [5, 5.41) is 12.0. The molecule has 8 heteroatoms. The second-order valence-electron chi connectivity index (χ2n) is 6.00. The molecule has 0 saturated heterocycles. The molecule has 128 valence electrons. The Balaban J connectivity index is 1.92. The van der Waals surface area contributed by atoms with Gasteiger partial charge in [0, 0.05) is 30.1 Å². The predicted octanol–water partition coefficient (Wildman–Crippen LogP) is 2.39. The van der Waals surface area contributed by atoms with E-state index < -0.39 is 0 Å². The molecule has 0 saturated carbocycles. The van der Waals surface area contributed by atoms with Gasteiger partial charge in [-0.3, -0.25) is 9.48 Å². The number of anilines is 1. The number of hydrogen-bond donors (Lipinski definition) is 1. The molecule has 7 nitrogen and oxygen atoms in total. The number of carbonyl (C=O) groups is 1. The van der Waals surface area contributed by atoms with Crippen molar-refractivity contribution in [1.82, 2.24) is 24.5 Å². The highest BCUT2D eigenvalue weighted by Gasteiger charge is 2.32. The van der Waals surface area contributed by atoms with Crippen molar-refractivity contribution >= 4 is 23.5 Å². The molecule has 0 spiro atoms. The third-order valence-electron chi connectivity index (χ3n) is 4.43. The van der Waals surface area contributed by atoms with Crippen LogP contribution in [0.25, 0.3) is 5.82 Å². The Bertz CT molecular complexity index is 946. The van der Waals surface area contributed by atoms with E-state index in [0.717, 1.165) is 22.5 Å². The van der Waals surface area contributed by atoms with Crippen molar-refractivity contribution in [1.29, 1.82) is 0 Å². The number of nitrogens with zero attached hydrogens (tertiary/aromatic N) is 5. The molecule has 0 bridgehead atoms. The van der Waals surface area contributed by atoms with Crippen LogP contribution in [-0.2, 0) is 11.8 Å². The Morgan fingerprint density at radius 1 is 1.32 bits per heavy atom. The summed E-state index contributed by atoms with van der Waals surface area (Å²) < 4.78 is 3.57. The quantitative estimate of drug-likeness (QED) is 0.765. The lowest BCUT2D eigenvalue weighted by atomic mass is 10.1. The normalized spacial score (nSPS) is 17.1. The Labute approximate surface area is 149 Å². The van der Waals surface area contributed by atoms with Crippen LogP contribution in [0, 0.1) is 13.8 Å². The largest absolute Gasteiger partial charge is 0.310 e. The van der Waals surface area contributed by atoms with Crippen LogP contribution in [0.2, 0.25) is 0 Å². The Morgan fingerprint density at radius 2 is 2.16 bits per heavy atom. The molecule has 1 aliphatic rings. The molecular weight excluding hydrogens is 336 g/mol. The van der Waals surface area contributed by atoms with Gasteiger partial charge < -0.3 is 5.32 Å². The van der Waals surface area contributed by atoms with Crippen molar-refractivity contribution in [2.24, 2.45) is 7.05 Å². The third-order valence-corrected chi connectivity index (χ3v) is 5.68. The van der Waals surface area contributed by atoms with Crippen molar-refractivity contribution in [3.63, 3.8) is 0 Å². The van der Waals surface area contributed by atoms with E-state index in [0.29, 0.717) is 17.4 Å². The number of carbonyl (C=O) groups excluding carboxylic acids is 1. The SMILES string of the molecule is Cc1nn(-c2ccccn2)c2c1[C@H](c1cnn(C)c1C)SCC(=O)N2. The minimum absolute atomic E-state index is 0.000104. The lowest BCUT2D eigenvalue weighted by Crippen LogP contribution is -2.16. The summed E-state index contributed by atoms with van der Waals surface area (Å²) in [6.45, 7) is 4.01. The van der Waals surface area contributed by atoms with Gasteiger partial charge in [0.1, 0.15) is 5.82 Å². The molecule has 1 N–H and O–H groups in total. The van der Waals surface area contributed by atoms with Crippen molar-refractivity contribution in [3.8, 4) is 5.82 Å². The number of thioether (sulfide) groups is 1. The predicted molar refractivity (Wildman–Crippen MR) is 97.0 cm³/mol. The van der Waals surface area contributed by atoms with Crippen LogP contribution >= 0.6 is 11.8 Å². The number of hydrogen-bond acceptors (Lipinski definition) is 5. The van der Waals surface area contributed by atoms with Crippen LogP contribution < -0.4 is 5.32 Å². The first-order valence-corrected chi connectivity index (χ1v) is 9.02. The van der Waals surface area contributed by atoms with Crippen LogP contribution in [0.15, 0.2) is 30.6 Å². The molecule has 1 atom stereocenters. The fourth-order valence-electron chi connectivity index (χ4n) is 3.05. The number of fused-ring (bicyclic) bond motifs is 1. The van der Waals surface area contributed by atoms with Gasteiger partial charge in [-0.1, -0.05) is 6.07 Å². The number of rotatable bonds is 2. The molecule has 25 heavy (non-hydrogen) atoms. The number of amides is 1. The van der Waals surface area contributed by atoms with Gasteiger partial charge in [0.15, 0.2) is 5.82 Å². The lowest BCUT2D eigenvalue weighted by Gasteiger charge is -2.14. The van der Waals surface area contributed by atoms with Gasteiger partial charge in [0.25, 0.3) is 0 Å². The minimum Gasteiger partial charge on any atom is -0.310 e. The second-order valence-corrected chi connectivity index (χ2v) is 7.09. The summed E-state index contributed by atoms with van der Waals surface area (Å²) in [7, 11) is 1.93. The van der Waals surface area contributed by atoms with E-state index in [4.69, 9.17) is 0 Å². The third kappa shape index (κ3) is 2.62. The first kappa shape index (κ1) is 15.9. The first-order chi connectivity index (χ1) is 12.1. The second kappa shape index (κ2) is 6.03. The van der Waals surface area contributed by atoms with Crippen LogP contribution in [0.5, 0.6) is 0 Å². The summed E-state index contributed by atoms with van der Waals surface area (Å²) in [4.78, 5) is 16.7. The summed E-state index contributed by atoms with van der Waals surface area (Å²) in [6, 6.07) is 5.64. The van der Waals surface area contributed by atoms with Gasteiger partial charge in [0.2, 0.25) is 5.91 Å². The number of aromatic nitrogens is 5. The topological polar surface area (TPSA) is 77.6 Å². The van der Waals surface area contributed by atoms with E-state index in [1.54, 1.807) is 22.6 Å². The standard InChI is InChI=1S/C17H18N6OS/c1-10-15-16(12-8-19-22(3)11(12)2)25-9-14(24)20-17(15)23(21-10)13-6-4-5-7-18-13/h4-8,16H,9H2,1-3H3,(H,20,24)/t16-/m0/s1. The van der Waals surface area contributed by atoms with E-state index in [1.807, 2.05) is 50.0 Å². The molecule has 0 radical (unpaired) electrons.